The predicted octanol–water partition coefficient (Wildman–Crippen LogP) is 1.99. The lowest BCUT2D eigenvalue weighted by Gasteiger charge is -2.34. The number of aryl methyl sites for hydroxylation is 1. The fourth-order valence-corrected chi connectivity index (χ4v) is 5.43. The minimum absolute atomic E-state index is 0.0413. The van der Waals surface area contributed by atoms with Crippen LogP contribution < -0.4 is 5.32 Å². The zero-order valence-corrected chi connectivity index (χ0v) is 17.7. The van der Waals surface area contributed by atoms with Crippen molar-refractivity contribution in [1.82, 2.24) is 19.4 Å². The highest BCUT2D eigenvalue weighted by Gasteiger charge is 2.60. The standard InChI is InChI=1S/C23H27N5O3/c1-26-15-11-24-21(26)20-23(16-6-2-3-7-17(16)25-22(23)31)10-14-28(20)19(30)9-13-27-12-5-4-8-18(27)29/h2-3,6-7,11,15,20H,4-5,8-10,12-14H2,1H3,(H,25,31)/t20-,23+/m0/s1. The molecule has 2 fully saturated rings. The topological polar surface area (TPSA) is 87.5 Å². The number of para-hydroxylation sites is 1. The van der Waals surface area contributed by atoms with Crippen LogP contribution in [0.1, 0.15) is 49.5 Å². The zero-order valence-electron chi connectivity index (χ0n) is 17.7. The first-order valence-electron chi connectivity index (χ1n) is 11.0. The van der Waals surface area contributed by atoms with E-state index in [4.69, 9.17) is 0 Å². The Morgan fingerprint density at radius 1 is 1.23 bits per heavy atom. The summed E-state index contributed by atoms with van der Waals surface area (Å²) in [6.07, 6.45) is 6.82. The maximum Gasteiger partial charge on any atom is 0.237 e. The number of nitrogens with one attached hydrogen (secondary N) is 1. The van der Waals surface area contributed by atoms with E-state index in [1.54, 1.807) is 16.0 Å². The van der Waals surface area contributed by atoms with E-state index >= 15 is 0 Å². The summed E-state index contributed by atoms with van der Waals surface area (Å²) >= 11 is 0. The van der Waals surface area contributed by atoms with E-state index in [9.17, 15) is 14.4 Å². The number of piperidine rings is 1. The third-order valence-corrected chi connectivity index (χ3v) is 7.03. The summed E-state index contributed by atoms with van der Waals surface area (Å²) in [5.41, 5.74) is 0.876. The van der Waals surface area contributed by atoms with Crippen LogP contribution in [0.4, 0.5) is 5.69 Å². The second-order valence-electron chi connectivity index (χ2n) is 8.69. The molecular formula is C23H27N5O3. The monoisotopic (exact) mass is 421 g/mol. The molecule has 1 aromatic carbocycles. The Bertz CT molecular complexity index is 1050. The van der Waals surface area contributed by atoms with Crippen molar-refractivity contribution in [3.8, 4) is 0 Å². The van der Waals surface area contributed by atoms with Gasteiger partial charge in [-0.25, -0.2) is 4.98 Å². The van der Waals surface area contributed by atoms with Crippen molar-refractivity contribution in [2.75, 3.05) is 25.0 Å². The van der Waals surface area contributed by atoms with Crippen molar-refractivity contribution in [3.05, 3.63) is 48.0 Å². The van der Waals surface area contributed by atoms with E-state index in [0.29, 0.717) is 38.3 Å². The Labute approximate surface area is 181 Å². The minimum atomic E-state index is -0.855. The lowest BCUT2D eigenvalue weighted by molar-refractivity contribution is -0.136. The first-order chi connectivity index (χ1) is 15.0. The molecule has 1 aromatic heterocycles. The molecule has 162 valence electrons. The highest BCUT2D eigenvalue weighted by molar-refractivity contribution is 6.07. The molecule has 3 aliphatic heterocycles. The van der Waals surface area contributed by atoms with Crippen LogP contribution in [0.25, 0.3) is 0 Å². The van der Waals surface area contributed by atoms with Gasteiger partial charge < -0.3 is 19.7 Å². The molecule has 2 aromatic rings. The van der Waals surface area contributed by atoms with Crippen molar-refractivity contribution in [2.24, 2.45) is 7.05 Å². The number of imidazole rings is 1. The molecule has 0 aliphatic carbocycles. The van der Waals surface area contributed by atoms with E-state index < -0.39 is 11.5 Å². The van der Waals surface area contributed by atoms with Gasteiger partial charge in [-0.2, -0.15) is 0 Å². The second kappa shape index (κ2) is 7.51. The zero-order chi connectivity index (χ0) is 21.6. The Balaban J connectivity index is 1.47. The molecule has 31 heavy (non-hydrogen) atoms. The molecule has 8 heteroatoms. The van der Waals surface area contributed by atoms with Gasteiger partial charge in [-0.3, -0.25) is 14.4 Å². The van der Waals surface area contributed by atoms with Gasteiger partial charge in [0.1, 0.15) is 17.3 Å². The van der Waals surface area contributed by atoms with Crippen molar-refractivity contribution in [2.45, 2.75) is 43.6 Å². The number of likely N-dealkylation sites (tertiary alicyclic amines) is 2. The van der Waals surface area contributed by atoms with Crippen molar-refractivity contribution >= 4 is 23.4 Å². The number of aromatic nitrogens is 2. The van der Waals surface area contributed by atoms with Crippen LogP contribution in [-0.2, 0) is 26.8 Å². The number of benzene rings is 1. The van der Waals surface area contributed by atoms with Crippen molar-refractivity contribution in [3.63, 3.8) is 0 Å². The predicted molar refractivity (Wildman–Crippen MR) is 114 cm³/mol. The number of carbonyl (C=O) groups excluding carboxylic acids is 3. The van der Waals surface area contributed by atoms with E-state index in [2.05, 4.69) is 10.3 Å². The Kier molecular flexibility index (Phi) is 4.79. The van der Waals surface area contributed by atoms with Gasteiger partial charge in [0, 0.05) is 57.6 Å². The lowest BCUT2D eigenvalue weighted by Crippen LogP contribution is -2.44. The molecule has 4 heterocycles. The van der Waals surface area contributed by atoms with Crippen molar-refractivity contribution in [1.29, 1.82) is 0 Å². The number of hydrogen-bond acceptors (Lipinski definition) is 4. The van der Waals surface area contributed by atoms with Crippen molar-refractivity contribution < 1.29 is 14.4 Å². The maximum absolute atomic E-state index is 13.4. The van der Waals surface area contributed by atoms with E-state index in [1.165, 1.54) is 0 Å². The molecule has 3 amide bonds. The normalized spacial score (nSPS) is 25.3. The van der Waals surface area contributed by atoms with Gasteiger partial charge in [0.25, 0.3) is 0 Å². The van der Waals surface area contributed by atoms with Crippen LogP contribution >= 0.6 is 0 Å². The number of nitrogens with zero attached hydrogens (tertiary/aromatic N) is 4. The van der Waals surface area contributed by atoms with Crippen LogP contribution in [-0.4, -0.2) is 56.7 Å². The van der Waals surface area contributed by atoms with Gasteiger partial charge in [-0.05, 0) is 30.9 Å². The third kappa shape index (κ3) is 3.04. The van der Waals surface area contributed by atoms with E-state index in [1.807, 2.05) is 42.1 Å². The first kappa shape index (κ1) is 19.8. The maximum atomic E-state index is 13.4. The van der Waals surface area contributed by atoms with Gasteiger partial charge >= 0.3 is 0 Å². The lowest BCUT2D eigenvalue weighted by atomic mass is 9.74. The third-order valence-electron chi connectivity index (χ3n) is 7.03. The van der Waals surface area contributed by atoms with Crippen LogP contribution in [0.2, 0.25) is 0 Å². The Hall–Kier alpha value is -3.16. The summed E-state index contributed by atoms with van der Waals surface area (Å²) in [5, 5.41) is 3.02. The number of fused-ring (bicyclic) bond motifs is 2. The molecule has 1 N–H and O–H groups in total. The smallest absolute Gasteiger partial charge is 0.237 e. The molecular weight excluding hydrogens is 394 g/mol. The second-order valence-corrected chi connectivity index (χ2v) is 8.69. The Morgan fingerprint density at radius 3 is 2.84 bits per heavy atom. The summed E-state index contributed by atoms with van der Waals surface area (Å²) in [6, 6.07) is 7.23. The molecule has 0 unspecified atom stereocenters. The number of amides is 3. The molecule has 8 nitrogen and oxygen atoms in total. The average molecular weight is 422 g/mol. The summed E-state index contributed by atoms with van der Waals surface area (Å²) in [5.74, 6) is 0.706. The van der Waals surface area contributed by atoms with Gasteiger partial charge in [-0.1, -0.05) is 18.2 Å². The minimum Gasteiger partial charge on any atom is -0.342 e. The van der Waals surface area contributed by atoms with Gasteiger partial charge in [-0.15, -0.1) is 0 Å². The number of rotatable bonds is 4. The molecule has 0 bridgehead atoms. The molecule has 0 radical (unpaired) electrons. The van der Waals surface area contributed by atoms with E-state index in [0.717, 1.165) is 24.1 Å². The number of anilines is 1. The fraction of sp³-hybridized carbons (Fsp3) is 0.478. The quantitative estimate of drug-likeness (QED) is 0.818. The molecule has 5 rings (SSSR count). The molecule has 0 saturated carbocycles. The molecule has 2 atom stereocenters. The van der Waals surface area contributed by atoms with Gasteiger partial charge in [0.05, 0.1) is 0 Å². The van der Waals surface area contributed by atoms with Crippen LogP contribution in [0, 0.1) is 0 Å². The highest BCUT2D eigenvalue weighted by Crippen LogP contribution is 2.54. The molecule has 1 spiro atoms. The molecule has 2 saturated heterocycles. The number of carbonyl (C=O) groups is 3. The summed E-state index contributed by atoms with van der Waals surface area (Å²) < 4.78 is 1.89. The van der Waals surface area contributed by atoms with Gasteiger partial charge in [0.15, 0.2) is 0 Å². The Morgan fingerprint density at radius 2 is 2.06 bits per heavy atom. The van der Waals surface area contributed by atoms with Crippen LogP contribution in [0.15, 0.2) is 36.7 Å². The summed E-state index contributed by atoms with van der Waals surface area (Å²) in [6.45, 7) is 1.62. The fourth-order valence-electron chi connectivity index (χ4n) is 5.43. The summed E-state index contributed by atoms with van der Waals surface area (Å²) in [4.78, 5) is 47.0. The average Bonchev–Trinajstić information content (AvgIpc) is 3.44. The van der Waals surface area contributed by atoms with Crippen LogP contribution in [0.5, 0.6) is 0 Å². The molecule has 3 aliphatic rings. The largest absolute Gasteiger partial charge is 0.342 e. The first-order valence-corrected chi connectivity index (χ1v) is 11.0. The van der Waals surface area contributed by atoms with E-state index in [-0.39, 0.29) is 24.1 Å². The van der Waals surface area contributed by atoms with Crippen LogP contribution in [0.3, 0.4) is 0 Å². The number of hydrogen-bond donors (Lipinski definition) is 1. The van der Waals surface area contributed by atoms with Gasteiger partial charge in [0.2, 0.25) is 17.7 Å². The SMILES string of the molecule is Cn1ccnc1[C@@H]1N(C(=O)CCN2CCCCC2=O)CC[C@]12C(=O)Nc1ccccc12. The highest BCUT2D eigenvalue weighted by atomic mass is 16.2. The summed E-state index contributed by atoms with van der Waals surface area (Å²) in [7, 11) is 1.89.